The molecule has 4 unspecified atom stereocenters. The molecule has 0 aromatic rings. The van der Waals surface area contributed by atoms with Gasteiger partial charge in [0, 0.05) is 30.5 Å². The number of amides is 1. The lowest BCUT2D eigenvalue weighted by Crippen LogP contribution is -2.82. The molecule has 2 aliphatic heterocycles. The number of nitrogens with one attached hydrogen (secondary N) is 1. The van der Waals surface area contributed by atoms with E-state index in [4.69, 9.17) is 10.5 Å². The molecule has 24 heavy (non-hydrogen) atoms. The Balaban J connectivity index is 0.00000144. The monoisotopic (exact) mass is 381 g/mol. The van der Waals surface area contributed by atoms with Crippen LogP contribution in [0.1, 0.15) is 46.5 Å². The molecule has 1 amide bonds. The summed E-state index contributed by atoms with van der Waals surface area (Å²) in [6, 6.07) is 0.237. The molecule has 3 fully saturated rings. The normalized spacial score (nSPS) is 37.9. The van der Waals surface area contributed by atoms with E-state index in [1.165, 1.54) is 0 Å². The van der Waals surface area contributed by atoms with E-state index in [1.54, 1.807) is 0 Å². The maximum absolute atomic E-state index is 13.0. The molecular formula is C17H33Cl2N3O2. The van der Waals surface area contributed by atoms with Gasteiger partial charge in [-0.1, -0.05) is 20.8 Å². The minimum atomic E-state index is -0.785. The summed E-state index contributed by atoms with van der Waals surface area (Å²) in [5.74, 6) is 0.203. The van der Waals surface area contributed by atoms with Gasteiger partial charge in [-0.2, -0.15) is 0 Å². The van der Waals surface area contributed by atoms with Crippen molar-refractivity contribution in [1.82, 2.24) is 10.2 Å². The van der Waals surface area contributed by atoms with Crippen molar-refractivity contribution in [1.29, 1.82) is 0 Å². The first-order chi connectivity index (χ1) is 10.4. The molecule has 3 rings (SSSR count). The maximum Gasteiger partial charge on any atom is 0.241 e. The number of carbonyl (C=O) groups excluding carboxylic acids is 1. The standard InChI is InChI=1S/C17H31N3O2.2ClH/c1-4-20-9-5-7-12(11-20)19-15(21)17(18)13-8-6-10-22-14(13)16(17,2)3;;/h12-14H,4-11,18H2,1-3H3,(H,19,21);2*1H. The minimum Gasteiger partial charge on any atom is -0.377 e. The fourth-order valence-corrected chi connectivity index (χ4v) is 4.80. The minimum absolute atomic E-state index is 0. The largest absolute Gasteiger partial charge is 0.377 e. The zero-order chi connectivity index (χ0) is 16.0. The average molecular weight is 382 g/mol. The Bertz CT molecular complexity index is 450. The Morgan fingerprint density at radius 1 is 1.29 bits per heavy atom. The van der Waals surface area contributed by atoms with E-state index in [1.807, 2.05) is 0 Å². The van der Waals surface area contributed by atoms with Crippen LogP contribution in [0.5, 0.6) is 0 Å². The van der Waals surface area contributed by atoms with Gasteiger partial charge < -0.3 is 20.7 Å². The van der Waals surface area contributed by atoms with Gasteiger partial charge >= 0.3 is 0 Å². The first kappa shape index (κ1) is 22.0. The van der Waals surface area contributed by atoms with Crippen molar-refractivity contribution >= 4 is 30.7 Å². The molecule has 2 heterocycles. The third kappa shape index (κ3) is 3.30. The predicted octanol–water partition coefficient (Wildman–Crippen LogP) is 1.96. The van der Waals surface area contributed by atoms with Crippen molar-refractivity contribution in [3.8, 4) is 0 Å². The molecule has 0 bridgehead atoms. The third-order valence-corrected chi connectivity index (χ3v) is 6.35. The van der Waals surface area contributed by atoms with Gasteiger partial charge in [-0.15, -0.1) is 24.8 Å². The van der Waals surface area contributed by atoms with E-state index in [9.17, 15) is 4.79 Å². The summed E-state index contributed by atoms with van der Waals surface area (Å²) in [5.41, 5.74) is 5.58. The number of nitrogens with zero attached hydrogens (tertiary/aromatic N) is 1. The van der Waals surface area contributed by atoms with Gasteiger partial charge in [0.25, 0.3) is 0 Å². The number of halogens is 2. The van der Waals surface area contributed by atoms with Crippen LogP contribution in [0, 0.1) is 11.3 Å². The topological polar surface area (TPSA) is 67.6 Å². The first-order valence-corrected chi connectivity index (χ1v) is 8.85. The summed E-state index contributed by atoms with van der Waals surface area (Å²) in [6.07, 6.45) is 4.36. The van der Waals surface area contributed by atoms with Crippen LogP contribution in [-0.2, 0) is 9.53 Å². The second-order valence-corrected chi connectivity index (χ2v) is 7.84. The maximum atomic E-state index is 13.0. The molecule has 0 aromatic heterocycles. The summed E-state index contributed by atoms with van der Waals surface area (Å²) in [6.45, 7) is 10.3. The molecule has 2 saturated heterocycles. The lowest BCUT2D eigenvalue weighted by molar-refractivity contribution is -0.225. The number of carbonyl (C=O) groups is 1. The van der Waals surface area contributed by atoms with E-state index in [2.05, 4.69) is 31.0 Å². The molecule has 7 heteroatoms. The van der Waals surface area contributed by atoms with Crippen molar-refractivity contribution in [2.75, 3.05) is 26.2 Å². The van der Waals surface area contributed by atoms with Crippen molar-refractivity contribution in [3.63, 3.8) is 0 Å². The zero-order valence-corrected chi connectivity index (χ0v) is 16.7. The van der Waals surface area contributed by atoms with Crippen molar-refractivity contribution in [3.05, 3.63) is 0 Å². The van der Waals surface area contributed by atoms with Crippen LogP contribution in [0.3, 0.4) is 0 Å². The number of piperidine rings is 1. The average Bonchev–Trinajstić information content (AvgIpc) is 2.54. The van der Waals surface area contributed by atoms with Crippen LogP contribution in [-0.4, -0.2) is 54.7 Å². The van der Waals surface area contributed by atoms with Gasteiger partial charge in [0.15, 0.2) is 0 Å². The van der Waals surface area contributed by atoms with Gasteiger partial charge in [0.05, 0.1) is 6.10 Å². The highest BCUT2D eigenvalue weighted by molar-refractivity contribution is 5.89. The Kier molecular flexibility index (Phi) is 7.40. The molecule has 0 spiro atoms. The number of ether oxygens (including phenoxy) is 1. The lowest BCUT2D eigenvalue weighted by atomic mass is 9.46. The highest BCUT2D eigenvalue weighted by atomic mass is 35.5. The Morgan fingerprint density at radius 3 is 2.67 bits per heavy atom. The van der Waals surface area contributed by atoms with Gasteiger partial charge in [0.2, 0.25) is 5.91 Å². The molecule has 5 nitrogen and oxygen atoms in total. The Hall–Kier alpha value is -0.0700. The van der Waals surface area contributed by atoms with Gasteiger partial charge in [-0.05, 0) is 38.8 Å². The number of hydrogen-bond acceptors (Lipinski definition) is 4. The highest BCUT2D eigenvalue weighted by Gasteiger charge is 2.70. The predicted molar refractivity (Wildman–Crippen MR) is 101 cm³/mol. The SMILES string of the molecule is CCN1CCCC(NC(=O)C2(N)C3CCCOC3C2(C)C)C1.Cl.Cl. The Labute approximate surface area is 158 Å². The fraction of sp³-hybridized carbons (Fsp3) is 0.941. The number of fused-ring (bicyclic) bond motifs is 1. The van der Waals surface area contributed by atoms with E-state index >= 15 is 0 Å². The van der Waals surface area contributed by atoms with Crippen LogP contribution in [0.25, 0.3) is 0 Å². The molecule has 3 N–H and O–H groups in total. The van der Waals surface area contributed by atoms with Gasteiger partial charge in [-0.25, -0.2) is 0 Å². The third-order valence-electron chi connectivity index (χ3n) is 6.35. The summed E-state index contributed by atoms with van der Waals surface area (Å²) >= 11 is 0. The van der Waals surface area contributed by atoms with E-state index in [0.717, 1.165) is 51.9 Å². The molecule has 0 aromatic carbocycles. The molecule has 0 radical (unpaired) electrons. The van der Waals surface area contributed by atoms with Crippen molar-refractivity contribution < 1.29 is 9.53 Å². The second kappa shape index (κ2) is 8.09. The van der Waals surface area contributed by atoms with Crippen molar-refractivity contribution in [2.45, 2.75) is 64.1 Å². The van der Waals surface area contributed by atoms with Crippen LogP contribution in [0.15, 0.2) is 0 Å². The van der Waals surface area contributed by atoms with E-state index in [0.29, 0.717) is 0 Å². The molecule has 4 atom stereocenters. The van der Waals surface area contributed by atoms with Crippen LogP contribution in [0.2, 0.25) is 0 Å². The fourth-order valence-electron chi connectivity index (χ4n) is 4.80. The summed E-state index contributed by atoms with van der Waals surface area (Å²) in [4.78, 5) is 15.4. The quantitative estimate of drug-likeness (QED) is 0.783. The van der Waals surface area contributed by atoms with Crippen molar-refractivity contribution in [2.24, 2.45) is 17.1 Å². The molecular weight excluding hydrogens is 349 g/mol. The zero-order valence-electron chi connectivity index (χ0n) is 15.0. The van der Waals surface area contributed by atoms with E-state index < -0.39 is 5.54 Å². The smallest absolute Gasteiger partial charge is 0.241 e. The van der Waals surface area contributed by atoms with Gasteiger partial charge in [-0.3, -0.25) is 4.79 Å². The molecule has 1 aliphatic carbocycles. The highest BCUT2D eigenvalue weighted by Crippen LogP contribution is 2.57. The summed E-state index contributed by atoms with van der Waals surface area (Å²) < 4.78 is 5.89. The lowest BCUT2D eigenvalue weighted by Gasteiger charge is -2.65. The molecule has 3 aliphatic rings. The first-order valence-electron chi connectivity index (χ1n) is 8.85. The molecule has 1 saturated carbocycles. The van der Waals surface area contributed by atoms with E-state index in [-0.39, 0.29) is 54.2 Å². The van der Waals surface area contributed by atoms with Crippen LogP contribution in [0.4, 0.5) is 0 Å². The number of likely N-dealkylation sites (tertiary alicyclic amines) is 1. The van der Waals surface area contributed by atoms with Crippen LogP contribution < -0.4 is 11.1 Å². The Morgan fingerprint density at radius 2 is 2.00 bits per heavy atom. The van der Waals surface area contributed by atoms with Gasteiger partial charge in [0.1, 0.15) is 5.54 Å². The number of likely N-dealkylation sites (N-methyl/N-ethyl adjacent to an activating group) is 1. The second-order valence-electron chi connectivity index (χ2n) is 7.84. The van der Waals surface area contributed by atoms with Crippen LogP contribution >= 0.6 is 24.8 Å². The summed E-state index contributed by atoms with van der Waals surface area (Å²) in [7, 11) is 0. The number of rotatable bonds is 3. The molecule has 142 valence electrons. The summed E-state index contributed by atoms with van der Waals surface area (Å²) in [5, 5.41) is 3.25. The number of nitrogens with two attached hydrogens (primary N) is 1. The number of hydrogen-bond donors (Lipinski definition) is 2.